The summed E-state index contributed by atoms with van der Waals surface area (Å²) in [6.07, 6.45) is -4.30. The minimum absolute atomic E-state index is 0.242. The number of nitrogens with one attached hydrogen (secondary N) is 1. The van der Waals surface area contributed by atoms with Crippen LogP contribution in [0.2, 0.25) is 0 Å². The molecule has 0 atom stereocenters. The second kappa shape index (κ2) is 6.89. The molecule has 0 aromatic heterocycles. The molecular formula is C16H16F3NS. The predicted octanol–water partition coefficient (Wildman–Crippen LogP) is 5.22. The van der Waals surface area contributed by atoms with Gasteiger partial charge in [-0.15, -0.1) is 11.8 Å². The Kier molecular flexibility index (Phi) is 5.17. The number of hydrogen-bond donors (Lipinski definition) is 1. The number of aryl methyl sites for hydroxylation is 1. The molecular weight excluding hydrogens is 295 g/mol. The number of anilines is 1. The maximum absolute atomic E-state index is 12.8. The molecule has 0 saturated carbocycles. The Hall–Kier alpha value is -1.62. The van der Waals surface area contributed by atoms with Crippen molar-refractivity contribution in [2.45, 2.75) is 18.0 Å². The second-order valence-corrected chi connectivity index (χ2v) is 5.78. The zero-order chi connectivity index (χ0) is 15.3. The second-order valence-electron chi connectivity index (χ2n) is 4.62. The standard InChI is InChI=1S/C16H16F3NS/c1-12-7-8-13(11-15(12)16(17,18)19)20-9-10-21-14-5-3-2-4-6-14/h2-8,11,20H,9-10H2,1H3. The van der Waals surface area contributed by atoms with Crippen molar-refractivity contribution < 1.29 is 13.2 Å². The van der Waals surface area contributed by atoms with Gasteiger partial charge in [0.25, 0.3) is 0 Å². The van der Waals surface area contributed by atoms with Crippen molar-refractivity contribution in [2.24, 2.45) is 0 Å². The highest BCUT2D eigenvalue weighted by atomic mass is 32.2. The topological polar surface area (TPSA) is 12.0 Å². The van der Waals surface area contributed by atoms with Crippen molar-refractivity contribution in [3.8, 4) is 0 Å². The summed E-state index contributed by atoms with van der Waals surface area (Å²) in [4.78, 5) is 1.15. The summed E-state index contributed by atoms with van der Waals surface area (Å²) in [6, 6.07) is 14.2. The first-order valence-corrected chi connectivity index (χ1v) is 7.55. The molecule has 0 unspecified atom stereocenters. The van der Waals surface area contributed by atoms with E-state index in [1.807, 2.05) is 30.3 Å². The highest BCUT2D eigenvalue weighted by Gasteiger charge is 2.32. The molecule has 1 N–H and O–H groups in total. The molecule has 2 aromatic rings. The van der Waals surface area contributed by atoms with Gasteiger partial charge in [0.2, 0.25) is 0 Å². The largest absolute Gasteiger partial charge is 0.416 e. The van der Waals surface area contributed by atoms with Crippen LogP contribution in [0.3, 0.4) is 0 Å². The third kappa shape index (κ3) is 4.70. The summed E-state index contributed by atoms with van der Waals surface area (Å²) in [5.41, 5.74) is 0.163. The minimum Gasteiger partial charge on any atom is -0.384 e. The maximum Gasteiger partial charge on any atom is 0.416 e. The first-order chi connectivity index (χ1) is 9.97. The molecule has 1 nitrogen and oxygen atoms in total. The summed E-state index contributed by atoms with van der Waals surface area (Å²) >= 11 is 1.67. The van der Waals surface area contributed by atoms with Gasteiger partial charge < -0.3 is 5.32 Å². The van der Waals surface area contributed by atoms with Crippen LogP contribution >= 0.6 is 11.8 Å². The van der Waals surface area contributed by atoms with E-state index in [1.165, 1.54) is 19.1 Å². The van der Waals surface area contributed by atoms with Gasteiger partial charge >= 0.3 is 6.18 Å². The van der Waals surface area contributed by atoms with Gasteiger partial charge in [0.05, 0.1) is 5.56 Å². The fourth-order valence-corrected chi connectivity index (χ4v) is 2.71. The minimum atomic E-state index is -4.30. The number of thioether (sulfide) groups is 1. The molecule has 0 aliphatic rings. The van der Waals surface area contributed by atoms with Gasteiger partial charge in [-0.25, -0.2) is 0 Å². The number of alkyl halides is 3. The van der Waals surface area contributed by atoms with Crippen LogP contribution in [-0.2, 0) is 6.18 Å². The smallest absolute Gasteiger partial charge is 0.384 e. The van der Waals surface area contributed by atoms with Crippen molar-refractivity contribution >= 4 is 17.4 Å². The van der Waals surface area contributed by atoms with Crippen molar-refractivity contribution in [3.05, 3.63) is 59.7 Å². The normalized spacial score (nSPS) is 11.4. The van der Waals surface area contributed by atoms with Crippen LogP contribution in [0.15, 0.2) is 53.4 Å². The average molecular weight is 311 g/mol. The number of rotatable bonds is 5. The molecule has 0 spiro atoms. The third-order valence-electron chi connectivity index (χ3n) is 2.99. The lowest BCUT2D eigenvalue weighted by Gasteiger charge is -2.13. The average Bonchev–Trinajstić information content (AvgIpc) is 2.45. The summed E-state index contributed by atoms with van der Waals surface area (Å²) < 4.78 is 38.4. The van der Waals surface area contributed by atoms with Crippen LogP contribution in [0.5, 0.6) is 0 Å². The summed E-state index contributed by atoms with van der Waals surface area (Å²) in [6.45, 7) is 2.08. The Bertz CT molecular complexity index is 582. The van der Waals surface area contributed by atoms with E-state index in [9.17, 15) is 13.2 Å². The quantitative estimate of drug-likeness (QED) is 0.600. The van der Waals surface area contributed by atoms with E-state index in [1.54, 1.807) is 17.8 Å². The fourth-order valence-electron chi connectivity index (χ4n) is 1.92. The van der Waals surface area contributed by atoms with E-state index in [2.05, 4.69) is 5.32 Å². The summed E-state index contributed by atoms with van der Waals surface area (Å²) in [5, 5.41) is 3.03. The van der Waals surface area contributed by atoms with Gasteiger partial charge in [0, 0.05) is 22.9 Å². The lowest BCUT2D eigenvalue weighted by Crippen LogP contribution is -2.10. The zero-order valence-corrected chi connectivity index (χ0v) is 12.4. The molecule has 0 bridgehead atoms. The van der Waals surface area contributed by atoms with E-state index in [0.29, 0.717) is 12.2 Å². The number of benzene rings is 2. The molecule has 21 heavy (non-hydrogen) atoms. The van der Waals surface area contributed by atoms with E-state index in [0.717, 1.165) is 10.6 Å². The Labute approximate surface area is 126 Å². The van der Waals surface area contributed by atoms with Gasteiger partial charge in [-0.1, -0.05) is 24.3 Å². The van der Waals surface area contributed by atoms with Gasteiger partial charge in [-0.3, -0.25) is 0 Å². The van der Waals surface area contributed by atoms with Crippen LogP contribution in [0.25, 0.3) is 0 Å². The van der Waals surface area contributed by atoms with Crippen LogP contribution in [0.4, 0.5) is 18.9 Å². The lowest BCUT2D eigenvalue weighted by molar-refractivity contribution is -0.138. The zero-order valence-electron chi connectivity index (χ0n) is 11.6. The summed E-state index contributed by atoms with van der Waals surface area (Å²) in [5.74, 6) is 0.791. The van der Waals surface area contributed by atoms with Crippen LogP contribution in [0, 0.1) is 6.92 Å². The molecule has 0 amide bonds. The van der Waals surface area contributed by atoms with Gasteiger partial charge in [-0.05, 0) is 36.8 Å². The highest BCUT2D eigenvalue weighted by Crippen LogP contribution is 2.33. The summed E-state index contributed by atoms with van der Waals surface area (Å²) in [7, 11) is 0. The van der Waals surface area contributed by atoms with Crippen molar-refractivity contribution in [3.63, 3.8) is 0 Å². The molecule has 0 aliphatic carbocycles. The number of hydrogen-bond acceptors (Lipinski definition) is 2. The van der Waals surface area contributed by atoms with Crippen LogP contribution in [-0.4, -0.2) is 12.3 Å². The van der Waals surface area contributed by atoms with Crippen molar-refractivity contribution in [1.29, 1.82) is 0 Å². The van der Waals surface area contributed by atoms with E-state index in [4.69, 9.17) is 0 Å². The SMILES string of the molecule is Cc1ccc(NCCSc2ccccc2)cc1C(F)(F)F. The molecule has 0 aliphatic heterocycles. The fraction of sp³-hybridized carbons (Fsp3) is 0.250. The van der Waals surface area contributed by atoms with Gasteiger partial charge in [-0.2, -0.15) is 13.2 Å². The molecule has 0 saturated heterocycles. The molecule has 5 heteroatoms. The Morgan fingerprint density at radius 2 is 1.76 bits per heavy atom. The van der Waals surface area contributed by atoms with E-state index >= 15 is 0 Å². The third-order valence-corrected chi connectivity index (χ3v) is 4.00. The van der Waals surface area contributed by atoms with Crippen LogP contribution in [0.1, 0.15) is 11.1 Å². The highest BCUT2D eigenvalue weighted by molar-refractivity contribution is 7.99. The molecule has 112 valence electrons. The van der Waals surface area contributed by atoms with Gasteiger partial charge in [0.1, 0.15) is 0 Å². The van der Waals surface area contributed by atoms with Crippen molar-refractivity contribution in [1.82, 2.24) is 0 Å². The van der Waals surface area contributed by atoms with Crippen LogP contribution < -0.4 is 5.32 Å². The Balaban J connectivity index is 1.89. The predicted molar refractivity (Wildman–Crippen MR) is 81.8 cm³/mol. The van der Waals surface area contributed by atoms with E-state index < -0.39 is 11.7 Å². The molecule has 0 radical (unpaired) electrons. The first kappa shape index (κ1) is 15.8. The monoisotopic (exact) mass is 311 g/mol. The Morgan fingerprint density at radius 1 is 1.05 bits per heavy atom. The molecule has 2 rings (SSSR count). The van der Waals surface area contributed by atoms with E-state index in [-0.39, 0.29) is 5.56 Å². The van der Waals surface area contributed by atoms with Crippen molar-refractivity contribution in [2.75, 3.05) is 17.6 Å². The number of halogens is 3. The lowest BCUT2D eigenvalue weighted by atomic mass is 10.1. The molecule has 0 heterocycles. The first-order valence-electron chi connectivity index (χ1n) is 6.56. The maximum atomic E-state index is 12.8. The molecule has 0 fully saturated rings. The molecule has 2 aromatic carbocycles. The van der Waals surface area contributed by atoms with Gasteiger partial charge in [0.15, 0.2) is 0 Å². The Morgan fingerprint density at radius 3 is 2.43 bits per heavy atom.